The van der Waals surface area contributed by atoms with Crippen LogP contribution < -0.4 is 5.73 Å². The monoisotopic (exact) mass is 285 g/mol. The molecule has 0 atom stereocenters. The van der Waals surface area contributed by atoms with Crippen LogP contribution in [0.2, 0.25) is 0 Å². The van der Waals surface area contributed by atoms with Crippen LogP contribution in [0.25, 0.3) is 0 Å². The third-order valence-electron chi connectivity index (χ3n) is 2.64. The summed E-state index contributed by atoms with van der Waals surface area (Å²) >= 11 is 0. The zero-order valence-corrected chi connectivity index (χ0v) is 10.7. The van der Waals surface area contributed by atoms with E-state index in [1.165, 1.54) is 30.3 Å². The molecule has 2 aromatic carbocycles. The largest absolute Gasteiger partial charge is 0.507 e. The molecule has 1 amide bonds. The number of rotatable bonds is 4. The van der Waals surface area contributed by atoms with Crippen molar-refractivity contribution in [2.75, 3.05) is 0 Å². The number of hydrogen-bond donors (Lipinski definition) is 3. The van der Waals surface area contributed by atoms with Gasteiger partial charge >= 0.3 is 5.97 Å². The van der Waals surface area contributed by atoms with Gasteiger partial charge in [0.05, 0.1) is 11.4 Å². The van der Waals surface area contributed by atoms with Crippen LogP contribution in [0, 0.1) is 0 Å². The van der Waals surface area contributed by atoms with Crippen LogP contribution in [0.3, 0.4) is 0 Å². The topological polar surface area (TPSA) is 125 Å². The van der Waals surface area contributed by atoms with Gasteiger partial charge in [0.25, 0.3) is 0 Å². The van der Waals surface area contributed by atoms with Crippen LogP contribution >= 0.6 is 0 Å². The van der Waals surface area contributed by atoms with E-state index < -0.39 is 11.9 Å². The van der Waals surface area contributed by atoms with Gasteiger partial charge in [-0.1, -0.05) is 0 Å². The second kappa shape index (κ2) is 5.83. The standard InChI is InChI=1S/C14H11N3O4/c15-13(19)8-1-3-9(4-2-8)16-17-10-5-6-12(18)11(7-10)14(20)21/h1-7,18H,(H2,15,19)(H,20,21). The van der Waals surface area contributed by atoms with Crippen LogP contribution in [-0.4, -0.2) is 22.1 Å². The smallest absolute Gasteiger partial charge is 0.339 e. The molecule has 0 saturated carbocycles. The Balaban J connectivity index is 2.23. The molecule has 0 spiro atoms. The van der Waals surface area contributed by atoms with Gasteiger partial charge in [-0.05, 0) is 42.5 Å². The summed E-state index contributed by atoms with van der Waals surface area (Å²) in [6.07, 6.45) is 0. The molecule has 0 unspecified atom stereocenters. The Hall–Kier alpha value is -3.22. The summed E-state index contributed by atoms with van der Waals surface area (Å²) in [4.78, 5) is 21.8. The number of nitrogens with two attached hydrogens (primary N) is 1. The zero-order chi connectivity index (χ0) is 15.4. The maximum absolute atomic E-state index is 10.9. The van der Waals surface area contributed by atoms with Crippen LogP contribution in [-0.2, 0) is 0 Å². The Morgan fingerprint density at radius 1 is 0.952 bits per heavy atom. The van der Waals surface area contributed by atoms with E-state index >= 15 is 0 Å². The number of phenols is 1. The van der Waals surface area contributed by atoms with Crippen molar-refractivity contribution >= 4 is 23.3 Å². The maximum Gasteiger partial charge on any atom is 0.339 e. The van der Waals surface area contributed by atoms with Gasteiger partial charge in [-0.3, -0.25) is 4.79 Å². The molecule has 4 N–H and O–H groups in total. The highest BCUT2D eigenvalue weighted by molar-refractivity contribution is 5.93. The minimum absolute atomic E-state index is 0.254. The number of aromatic carboxylic acids is 1. The van der Waals surface area contributed by atoms with Crippen LogP contribution in [0.1, 0.15) is 20.7 Å². The molecule has 7 nitrogen and oxygen atoms in total. The second-order valence-corrected chi connectivity index (χ2v) is 4.12. The van der Waals surface area contributed by atoms with E-state index in [9.17, 15) is 14.7 Å². The number of primary amides is 1. The van der Waals surface area contributed by atoms with Gasteiger partial charge in [0.1, 0.15) is 11.3 Å². The van der Waals surface area contributed by atoms with E-state index in [0.29, 0.717) is 11.3 Å². The van der Waals surface area contributed by atoms with E-state index in [1.54, 1.807) is 12.1 Å². The molecule has 0 bridgehead atoms. The van der Waals surface area contributed by atoms with Gasteiger partial charge in [-0.25, -0.2) is 4.79 Å². The number of carbonyl (C=O) groups excluding carboxylic acids is 1. The molecule has 0 aliphatic rings. The van der Waals surface area contributed by atoms with Gasteiger partial charge in [0.2, 0.25) is 5.91 Å². The minimum Gasteiger partial charge on any atom is -0.507 e. The van der Waals surface area contributed by atoms with Crippen molar-refractivity contribution in [2.45, 2.75) is 0 Å². The fourth-order valence-corrected chi connectivity index (χ4v) is 1.57. The molecule has 0 aliphatic carbocycles. The lowest BCUT2D eigenvalue weighted by molar-refractivity contribution is 0.0693. The fourth-order valence-electron chi connectivity index (χ4n) is 1.57. The quantitative estimate of drug-likeness (QED) is 0.746. The molecule has 21 heavy (non-hydrogen) atoms. The number of amides is 1. The number of nitrogens with zero attached hydrogens (tertiary/aromatic N) is 2. The SMILES string of the molecule is NC(=O)c1ccc(N=Nc2ccc(O)c(C(=O)O)c2)cc1. The van der Waals surface area contributed by atoms with E-state index in [0.717, 1.165) is 0 Å². The predicted octanol–water partition coefficient (Wildman–Crippen LogP) is 2.60. The number of carboxylic acids is 1. The molecule has 2 aromatic rings. The number of carboxylic acid groups (broad SMARTS) is 1. The van der Waals surface area contributed by atoms with Crippen molar-refractivity contribution in [1.82, 2.24) is 0 Å². The van der Waals surface area contributed by atoms with Crippen molar-refractivity contribution in [2.24, 2.45) is 16.0 Å². The summed E-state index contributed by atoms with van der Waals surface area (Å²) in [5.74, 6) is -2.13. The first-order valence-electron chi connectivity index (χ1n) is 5.85. The lowest BCUT2D eigenvalue weighted by Crippen LogP contribution is -2.10. The lowest BCUT2D eigenvalue weighted by atomic mass is 10.2. The molecule has 0 saturated heterocycles. The number of azo groups is 1. The average molecular weight is 285 g/mol. The van der Waals surface area contributed by atoms with Gasteiger partial charge in [0.15, 0.2) is 0 Å². The zero-order valence-electron chi connectivity index (χ0n) is 10.7. The van der Waals surface area contributed by atoms with Crippen molar-refractivity contribution in [3.05, 3.63) is 53.6 Å². The second-order valence-electron chi connectivity index (χ2n) is 4.12. The summed E-state index contributed by atoms with van der Waals surface area (Å²) < 4.78 is 0. The molecule has 0 radical (unpaired) electrons. The molecular formula is C14H11N3O4. The highest BCUT2D eigenvalue weighted by Crippen LogP contribution is 2.25. The van der Waals surface area contributed by atoms with E-state index in [4.69, 9.17) is 10.8 Å². The molecule has 0 heterocycles. The van der Waals surface area contributed by atoms with Crippen molar-refractivity contribution in [3.63, 3.8) is 0 Å². The van der Waals surface area contributed by atoms with Crippen LogP contribution in [0.15, 0.2) is 52.7 Å². The minimum atomic E-state index is -1.25. The Kier molecular flexibility index (Phi) is 3.94. The Morgan fingerprint density at radius 2 is 1.52 bits per heavy atom. The Bertz CT molecular complexity index is 723. The first kappa shape index (κ1) is 14.2. The summed E-state index contributed by atoms with van der Waals surface area (Å²) in [7, 11) is 0. The number of hydrogen-bond acceptors (Lipinski definition) is 5. The van der Waals surface area contributed by atoms with Gasteiger partial charge in [0, 0.05) is 5.56 Å². The maximum atomic E-state index is 10.9. The summed E-state index contributed by atoms with van der Waals surface area (Å²) in [5, 5.41) is 26.0. The molecule has 0 fully saturated rings. The number of aromatic hydroxyl groups is 1. The van der Waals surface area contributed by atoms with E-state index in [1.807, 2.05) is 0 Å². The Morgan fingerprint density at radius 3 is 2.10 bits per heavy atom. The van der Waals surface area contributed by atoms with Crippen molar-refractivity contribution in [1.29, 1.82) is 0 Å². The fraction of sp³-hybridized carbons (Fsp3) is 0. The third-order valence-corrected chi connectivity index (χ3v) is 2.64. The predicted molar refractivity (Wildman–Crippen MR) is 74.2 cm³/mol. The van der Waals surface area contributed by atoms with Crippen LogP contribution in [0.5, 0.6) is 5.75 Å². The normalized spacial score (nSPS) is 10.7. The molecule has 0 aromatic heterocycles. The van der Waals surface area contributed by atoms with E-state index in [-0.39, 0.29) is 17.0 Å². The molecule has 7 heteroatoms. The first-order valence-corrected chi connectivity index (χ1v) is 5.85. The van der Waals surface area contributed by atoms with Crippen molar-refractivity contribution in [3.8, 4) is 5.75 Å². The number of benzene rings is 2. The molecule has 0 aliphatic heterocycles. The third kappa shape index (κ3) is 3.41. The first-order chi connectivity index (χ1) is 9.97. The van der Waals surface area contributed by atoms with Gasteiger partial charge in [-0.15, -0.1) is 0 Å². The molecule has 106 valence electrons. The highest BCUT2D eigenvalue weighted by atomic mass is 16.4. The Labute approximate surface area is 119 Å². The summed E-state index contributed by atoms with van der Waals surface area (Å²) in [6.45, 7) is 0. The summed E-state index contributed by atoms with van der Waals surface area (Å²) in [5.41, 5.74) is 5.97. The van der Waals surface area contributed by atoms with Gasteiger partial charge in [-0.2, -0.15) is 10.2 Å². The number of carbonyl (C=O) groups is 2. The van der Waals surface area contributed by atoms with Gasteiger partial charge < -0.3 is 15.9 Å². The van der Waals surface area contributed by atoms with Crippen molar-refractivity contribution < 1.29 is 19.8 Å². The molecular weight excluding hydrogens is 274 g/mol. The molecule has 2 rings (SSSR count). The van der Waals surface area contributed by atoms with Crippen LogP contribution in [0.4, 0.5) is 11.4 Å². The summed E-state index contributed by atoms with van der Waals surface area (Å²) in [6, 6.07) is 10.0. The average Bonchev–Trinajstić information content (AvgIpc) is 2.46. The van der Waals surface area contributed by atoms with E-state index in [2.05, 4.69) is 10.2 Å². The lowest BCUT2D eigenvalue weighted by Gasteiger charge is -2.00. The highest BCUT2D eigenvalue weighted by Gasteiger charge is 2.09.